The summed E-state index contributed by atoms with van der Waals surface area (Å²) in [5, 5.41) is 0. The van der Waals surface area contributed by atoms with Crippen LogP contribution in [0.2, 0.25) is 0 Å². The number of carbonyl (C=O) groups excluding carboxylic acids is 2. The van der Waals surface area contributed by atoms with Gasteiger partial charge in [-0.3, -0.25) is 9.59 Å². The van der Waals surface area contributed by atoms with Crippen molar-refractivity contribution < 1.29 is 14.3 Å². The van der Waals surface area contributed by atoms with Crippen LogP contribution < -0.4 is 4.90 Å². The molecule has 0 spiro atoms. The lowest BCUT2D eigenvalue weighted by molar-refractivity contribution is -0.140. The number of unbranched alkanes of at least 4 members (excludes halogenated alkanes) is 2. The molecular weight excluding hydrogens is 242 g/mol. The van der Waals surface area contributed by atoms with Crippen molar-refractivity contribution in [3.63, 3.8) is 0 Å². The van der Waals surface area contributed by atoms with Crippen molar-refractivity contribution in [1.82, 2.24) is 0 Å². The van der Waals surface area contributed by atoms with Crippen LogP contribution in [0.15, 0.2) is 30.3 Å². The van der Waals surface area contributed by atoms with E-state index in [-0.39, 0.29) is 11.9 Å². The van der Waals surface area contributed by atoms with Crippen LogP contribution in [0.1, 0.15) is 32.6 Å². The fourth-order valence-corrected chi connectivity index (χ4v) is 1.89. The Bertz CT molecular complexity index is 403. The molecule has 0 unspecified atom stereocenters. The Labute approximate surface area is 114 Å². The number of amides is 1. The molecule has 0 saturated heterocycles. The predicted octanol–water partition coefficient (Wildman–Crippen LogP) is 2.77. The molecule has 19 heavy (non-hydrogen) atoms. The molecular formula is C15H21NO3. The Morgan fingerprint density at radius 1 is 1.11 bits per heavy atom. The van der Waals surface area contributed by atoms with Crippen molar-refractivity contribution in [2.75, 3.05) is 18.6 Å². The smallest absolute Gasteiger partial charge is 0.305 e. The first kappa shape index (κ1) is 15.2. The molecule has 4 nitrogen and oxygen atoms in total. The molecule has 0 aliphatic rings. The van der Waals surface area contributed by atoms with E-state index in [1.807, 2.05) is 30.3 Å². The lowest BCUT2D eigenvalue weighted by atomic mass is 10.2. The molecule has 0 aliphatic carbocycles. The molecule has 1 rings (SSSR count). The number of methoxy groups -OCH3 is 1. The largest absolute Gasteiger partial charge is 0.469 e. The molecule has 0 N–H and O–H groups in total. The van der Waals surface area contributed by atoms with Gasteiger partial charge in [0.25, 0.3) is 0 Å². The highest BCUT2D eigenvalue weighted by Gasteiger charge is 2.10. The number of rotatable bonds is 7. The molecule has 4 heteroatoms. The van der Waals surface area contributed by atoms with E-state index in [9.17, 15) is 9.59 Å². The number of para-hydroxylation sites is 1. The summed E-state index contributed by atoms with van der Waals surface area (Å²) in [4.78, 5) is 24.3. The molecule has 104 valence electrons. The van der Waals surface area contributed by atoms with Gasteiger partial charge in [0, 0.05) is 25.6 Å². The van der Waals surface area contributed by atoms with E-state index in [1.165, 1.54) is 7.11 Å². The van der Waals surface area contributed by atoms with Crippen LogP contribution in [0.5, 0.6) is 0 Å². The fraction of sp³-hybridized carbons (Fsp3) is 0.467. The first-order valence-corrected chi connectivity index (χ1v) is 6.55. The van der Waals surface area contributed by atoms with Crippen LogP contribution in [0.3, 0.4) is 0 Å². The maximum atomic E-state index is 11.6. The monoisotopic (exact) mass is 263 g/mol. The van der Waals surface area contributed by atoms with Crippen molar-refractivity contribution in [2.24, 2.45) is 0 Å². The Hall–Kier alpha value is -1.84. The zero-order chi connectivity index (χ0) is 14.1. The maximum Gasteiger partial charge on any atom is 0.305 e. The zero-order valence-electron chi connectivity index (χ0n) is 11.6. The van der Waals surface area contributed by atoms with Crippen LogP contribution in [-0.2, 0) is 14.3 Å². The predicted molar refractivity (Wildman–Crippen MR) is 75.0 cm³/mol. The molecule has 0 radical (unpaired) electrons. The fourth-order valence-electron chi connectivity index (χ4n) is 1.89. The highest BCUT2D eigenvalue weighted by atomic mass is 16.5. The zero-order valence-corrected chi connectivity index (χ0v) is 11.6. The Morgan fingerprint density at radius 3 is 2.37 bits per heavy atom. The third-order valence-corrected chi connectivity index (χ3v) is 2.94. The number of hydrogen-bond donors (Lipinski definition) is 0. The minimum atomic E-state index is -0.175. The third-order valence-electron chi connectivity index (χ3n) is 2.94. The maximum absolute atomic E-state index is 11.6. The minimum absolute atomic E-state index is 0.0409. The number of esters is 1. The summed E-state index contributed by atoms with van der Waals surface area (Å²) in [5.74, 6) is -0.134. The topological polar surface area (TPSA) is 46.6 Å². The summed E-state index contributed by atoms with van der Waals surface area (Å²) in [6.45, 7) is 2.25. The number of benzene rings is 1. The summed E-state index contributed by atoms with van der Waals surface area (Å²) >= 11 is 0. The quantitative estimate of drug-likeness (QED) is 0.561. The van der Waals surface area contributed by atoms with E-state index in [4.69, 9.17) is 0 Å². The Kier molecular flexibility index (Phi) is 6.64. The molecule has 0 bridgehead atoms. The van der Waals surface area contributed by atoms with Gasteiger partial charge in [0.15, 0.2) is 0 Å². The van der Waals surface area contributed by atoms with E-state index in [2.05, 4.69) is 4.74 Å². The summed E-state index contributed by atoms with van der Waals surface area (Å²) < 4.78 is 4.58. The number of anilines is 1. The van der Waals surface area contributed by atoms with Gasteiger partial charge in [0.05, 0.1) is 7.11 Å². The van der Waals surface area contributed by atoms with Gasteiger partial charge in [-0.25, -0.2) is 0 Å². The average molecular weight is 263 g/mol. The number of ether oxygens (including phenoxy) is 1. The Morgan fingerprint density at radius 2 is 1.79 bits per heavy atom. The van der Waals surface area contributed by atoms with Crippen LogP contribution in [0, 0.1) is 0 Å². The van der Waals surface area contributed by atoms with Crippen LogP contribution in [-0.4, -0.2) is 25.5 Å². The van der Waals surface area contributed by atoms with Crippen LogP contribution in [0.25, 0.3) is 0 Å². The van der Waals surface area contributed by atoms with Crippen molar-refractivity contribution in [2.45, 2.75) is 32.6 Å². The summed E-state index contributed by atoms with van der Waals surface area (Å²) in [6, 6.07) is 9.62. The standard InChI is InChI=1S/C15H21NO3/c1-13(17)16(14-9-5-3-6-10-14)12-8-4-7-11-15(18)19-2/h3,5-6,9-10H,4,7-8,11-12H2,1-2H3. The lowest BCUT2D eigenvalue weighted by Gasteiger charge is -2.21. The lowest BCUT2D eigenvalue weighted by Crippen LogP contribution is -2.29. The van der Waals surface area contributed by atoms with Gasteiger partial charge in [-0.2, -0.15) is 0 Å². The van der Waals surface area contributed by atoms with E-state index in [0.29, 0.717) is 13.0 Å². The SMILES string of the molecule is COC(=O)CCCCCN(C(C)=O)c1ccccc1. The average Bonchev–Trinajstić information content (AvgIpc) is 2.42. The van der Waals surface area contributed by atoms with E-state index in [1.54, 1.807) is 11.8 Å². The summed E-state index contributed by atoms with van der Waals surface area (Å²) in [5.41, 5.74) is 0.919. The molecule has 0 aromatic heterocycles. The van der Waals surface area contributed by atoms with Gasteiger partial charge in [-0.1, -0.05) is 24.6 Å². The minimum Gasteiger partial charge on any atom is -0.469 e. The van der Waals surface area contributed by atoms with E-state index >= 15 is 0 Å². The highest BCUT2D eigenvalue weighted by Crippen LogP contribution is 2.14. The molecule has 1 aromatic carbocycles. The highest BCUT2D eigenvalue weighted by molar-refractivity contribution is 5.91. The molecule has 0 aliphatic heterocycles. The summed E-state index contributed by atoms with van der Waals surface area (Å²) in [7, 11) is 1.40. The Balaban J connectivity index is 2.36. The molecule has 0 heterocycles. The van der Waals surface area contributed by atoms with Gasteiger partial charge < -0.3 is 9.64 Å². The second-order valence-electron chi connectivity index (χ2n) is 4.39. The number of hydrogen-bond acceptors (Lipinski definition) is 3. The molecule has 0 atom stereocenters. The normalized spacial score (nSPS) is 10.0. The number of nitrogens with zero attached hydrogens (tertiary/aromatic N) is 1. The first-order chi connectivity index (χ1) is 9.15. The van der Waals surface area contributed by atoms with Crippen molar-refractivity contribution in [3.8, 4) is 0 Å². The summed E-state index contributed by atoms with van der Waals surface area (Å²) in [6.07, 6.45) is 3.03. The van der Waals surface area contributed by atoms with Crippen molar-refractivity contribution in [1.29, 1.82) is 0 Å². The van der Waals surface area contributed by atoms with Crippen LogP contribution in [0.4, 0.5) is 5.69 Å². The van der Waals surface area contributed by atoms with Gasteiger partial charge in [0.2, 0.25) is 5.91 Å². The first-order valence-electron chi connectivity index (χ1n) is 6.55. The van der Waals surface area contributed by atoms with Gasteiger partial charge in [0.1, 0.15) is 0 Å². The van der Waals surface area contributed by atoms with Crippen molar-refractivity contribution in [3.05, 3.63) is 30.3 Å². The van der Waals surface area contributed by atoms with E-state index < -0.39 is 0 Å². The number of carbonyl (C=O) groups is 2. The molecule has 1 aromatic rings. The second-order valence-corrected chi connectivity index (χ2v) is 4.39. The van der Waals surface area contributed by atoms with Crippen LogP contribution >= 0.6 is 0 Å². The van der Waals surface area contributed by atoms with Crippen molar-refractivity contribution >= 4 is 17.6 Å². The third kappa shape index (κ3) is 5.55. The molecule has 0 saturated carbocycles. The van der Waals surface area contributed by atoms with E-state index in [0.717, 1.165) is 24.9 Å². The van der Waals surface area contributed by atoms with Gasteiger partial charge >= 0.3 is 5.97 Å². The van der Waals surface area contributed by atoms with Gasteiger partial charge in [-0.05, 0) is 25.0 Å². The second kappa shape index (κ2) is 8.29. The van der Waals surface area contributed by atoms with Gasteiger partial charge in [-0.15, -0.1) is 0 Å². The molecule has 1 amide bonds. The molecule has 0 fully saturated rings.